The third-order valence-corrected chi connectivity index (χ3v) is 2.03. The quantitative estimate of drug-likeness (QED) is 0.505. The molecule has 0 unspecified atom stereocenters. The molecule has 11 heavy (non-hydrogen) atoms. The second-order valence-electron chi connectivity index (χ2n) is 2.67. The molecule has 1 aliphatic heterocycles. The highest BCUT2D eigenvalue weighted by Crippen LogP contribution is 2.28. The van der Waals surface area contributed by atoms with Gasteiger partial charge in [0.25, 0.3) is 0 Å². The third-order valence-electron chi connectivity index (χ3n) is 2.03. The number of rotatable bonds is 0. The molecule has 0 saturated heterocycles. The van der Waals surface area contributed by atoms with Crippen LogP contribution in [-0.4, -0.2) is 19.7 Å². The first kappa shape index (κ1) is 5.12. The van der Waals surface area contributed by atoms with Crippen molar-refractivity contribution in [1.29, 1.82) is 0 Å². The number of H-pyrrole nitrogens is 1. The van der Waals surface area contributed by atoms with Gasteiger partial charge in [-0.15, -0.1) is 0 Å². The van der Waals surface area contributed by atoms with Gasteiger partial charge in [-0.1, -0.05) is 0 Å². The zero-order valence-corrected chi connectivity index (χ0v) is 5.78. The summed E-state index contributed by atoms with van der Waals surface area (Å²) in [6, 6.07) is 0. The molecule has 1 N–H and O–H groups in total. The molecule has 0 atom stereocenters. The van der Waals surface area contributed by atoms with Gasteiger partial charge in [-0.25, -0.2) is 4.98 Å². The monoisotopic (exact) mass is 146 g/mol. The molecule has 0 aromatic carbocycles. The van der Waals surface area contributed by atoms with E-state index in [-0.39, 0.29) is 0 Å². The number of aromatic nitrogens is 4. The molecule has 0 fully saturated rings. The van der Waals surface area contributed by atoms with Crippen LogP contribution in [0.15, 0.2) is 18.7 Å². The Bertz CT molecular complexity index is 360. The number of aromatic amines is 1. The third kappa shape index (κ3) is 0.497. The molecule has 0 amide bonds. The van der Waals surface area contributed by atoms with Crippen molar-refractivity contribution >= 4 is 0 Å². The Kier molecular flexibility index (Phi) is 0.711. The summed E-state index contributed by atoms with van der Waals surface area (Å²) in [6.45, 7) is 0.880. The first-order chi connectivity index (χ1) is 5.45. The molecule has 54 valence electrons. The Hall–Kier alpha value is -1.58. The van der Waals surface area contributed by atoms with Crippen molar-refractivity contribution in [1.82, 2.24) is 19.7 Å². The summed E-state index contributed by atoms with van der Waals surface area (Å²) in [4.78, 5) is 4.04. The Morgan fingerprint density at radius 1 is 1.45 bits per heavy atom. The van der Waals surface area contributed by atoms with E-state index < -0.39 is 0 Å². The number of fused-ring (bicyclic) bond motifs is 3. The lowest BCUT2D eigenvalue weighted by Gasteiger charge is -1.91. The van der Waals surface area contributed by atoms with E-state index in [1.807, 2.05) is 18.7 Å². The van der Waals surface area contributed by atoms with E-state index in [2.05, 4.69) is 19.7 Å². The van der Waals surface area contributed by atoms with Gasteiger partial charge in [0.1, 0.15) is 0 Å². The second-order valence-corrected chi connectivity index (χ2v) is 2.67. The molecule has 1 aliphatic rings. The molecule has 2 aromatic rings. The van der Waals surface area contributed by atoms with E-state index >= 15 is 0 Å². The number of imidazole rings is 1. The number of nitrogens with zero attached hydrogens (tertiary/aromatic N) is 3. The molecule has 0 saturated carbocycles. The van der Waals surface area contributed by atoms with Gasteiger partial charge in [0.05, 0.1) is 36.7 Å². The van der Waals surface area contributed by atoms with Gasteiger partial charge >= 0.3 is 0 Å². The van der Waals surface area contributed by atoms with Crippen molar-refractivity contribution in [2.24, 2.45) is 0 Å². The predicted octanol–water partition coefficient (Wildman–Crippen LogP) is 0.635. The number of hydrogen-bond acceptors (Lipinski definition) is 2. The summed E-state index contributed by atoms with van der Waals surface area (Å²) in [6.07, 6.45) is 5.54. The average molecular weight is 146 g/mol. The molecule has 0 bridgehead atoms. The highest BCUT2D eigenvalue weighted by molar-refractivity contribution is 5.64. The molecular weight excluding hydrogens is 140 g/mol. The van der Waals surface area contributed by atoms with Crippen LogP contribution in [0.5, 0.6) is 0 Å². The highest BCUT2D eigenvalue weighted by atomic mass is 15.2. The van der Waals surface area contributed by atoms with E-state index in [1.54, 1.807) is 0 Å². The number of nitrogens with one attached hydrogen (secondary N) is 1. The summed E-state index contributed by atoms with van der Waals surface area (Å²) in [7, 11) is 0. The van der Waals surface area contributed by atoms with Gasteiger partial charge in [0.15, 0.2) is 0 Å². The average Bonchev–Trinajstić information content (AvgIpc) is 2.52. The van der Waals surface area contributed by atoms with Crippen LogP contribution >= 0.6 is 0 Å². The summed E-state index contributed by atoms with van der Waals surface area (Å²) < 4.78 is 2.10. The predicted molar refractivity (Wildman–Crippen MR) is 38.9 cm³/mol. The first-order valence-electron chi connectivity index (χ1n) is 3.48. The minimum Gasteiger partial charge on any atom is -0.324 e. The van der Waals surface area contributed by atoms with Crippen LogP contribution in [0.4, 0.5) is 0 Å². The lowest BCUT2D eigenvalue weighted by molar-refractivity contribution is 0.802. The van der Waals surface area contributed by atoms with Gasteiger partial charge in [0, 0.05) is 5.56 Å². The van der Waals surface area contributed by atoms with E-state index in [4.69, 9.17) is 0 Å². The maximum atomic E-state index is 4.04. The Balaban J connectivity index is 2.38. The Morgan fingerprint density at radius 3 is 3.45 bits per heavy atom. The lowest BCUT2D eigenvalue weighted by Crippen LogP contribution is -1.91. The van der Waals surface area contributed by atoms with Gasteiger partial charge < -0.3 is 4.57 Å². The fourth-order valence-corrected chi connectivity index (χ4v) is 1.50. The van der Waals surface area contributed by atoms with E-state index in [0.29, 0.717) is 0 Å². The molecule has 0 aliphatic carbocycles. The molecule has 3 heterocycles. The lowest BCUT2D eigenvalue weighted by atomic mass is 10.2. The van der Waals surface area contributed by atoms with Crippen molar-refractivity contribution in [3.05, 3.63) is 24.4 Å². The van der Waals surface area contributed by atoms with Gasteiger partial charge in [0.2, 0.25) is 0 Å². The SMILES string of the molecule is c1n[nH]c2c1-c1cncn1C2. The maximum Gasteiger partial charge on any atom is 0.0954 e. The van der Waals surface area contributed by atoms with Crippen LogP contribution in [-0.2, 0) is 6.54 Å². The Morgan fingerprint density at radius 2 is 2.45 bits per heavy atom. The van der Waals surface area contributed by atoms with Crippen molar-refractivity contribution in [2.75, 3.05) is 0 Å². The topological polar surface area (TPSA) is 46.5 Å². The largest absolute Gasteiger partial charge is 0.324 e. The minimum absolute atomic E-state index is 0.880. The van der Waals surface area contributed by atoms with Crippen LogP contribution in [0.2, 0.25) is 0 Å². The normalized spacial score (nSPS) is 13.1. The molecular formula is C7H6N4. The summed E-state index contributed by atoms with van der Waals surface area (Å²) in [5.74, 6) is 0. The second kappa shape index (κ2) is 1.53. The summed E-state index contributed by atoms with van der Waals surface area (Å²) in [5, 5.41) is 6.91. The minimum atomic E-state index is 0.880. The molecule has 4 nitrogen and oxygen atoms in total. The van der Waals surface area contributed by atoms with E-state index in [1.165, 1.54) is 11.3 Å². The van der Waals surface area contributed by atoms with E-state index in [0.717, 1.165) is 12.2 Å². The summed E-state index contributed by atoms with van der Waals surface area (Å²) in [5.41, 5.74) is 3.53. The zero-order valence-electron chi connectivity index (χ0n) is 5.78. The van der Waals surface area contributed by atoms with Gasteiger partial charge in [-0.3, -0.25) is 5.10 Å². The van der Waals surface area contributed by atoms with Crippen LogP contribution < -0.4 is 0 Å². The summed E-state index contributed by atoms with van der Waals surface area (Å²) >= 11 is 0. The van der Waals surface area contributed by atoms with Crippen molar-refractivity contribution in [3.63, 3.8) is 0 Å². The smallest absolute Gasteiger partial charge is 0.0954 e. The van der Waals surface area contributed by atoms with Crippen LogP contribution in [0, 0.1) is 0 Å². The first-order valence-corrected chi connectivity index (χ1v) is 3.48. The van der Waals surface area contributed by atoms with Gasteiger partial charge in [-0.05, 0) is 0 Å². The zero-order chi connectivity index (χ0) is 7.26. The van der Waals surface area contributed by atoms with Crippen LogP contribution in [0.1, 0.15) is 5.69 Å². The maximum absolute atomic E-state index is 4.04. The van der Waals surface area contributed by atoms with E-state index in [9.17, 15) is 0 Å². The molecule has 4 heteroatoms. The van der Waals surface area contributed by atoms with Crippen molar-refractivity contribution in [3.8, 4) is 11.3 Å². The fraction of sp³-hybridized carbons (Fsp3) is 0.143. The standard InChI is InChI=1S/C7H6N4/c1-5-6(10-9-1)3-11-4-8-2-7(5)11/h1-2,4H,3H2,(H,9,10). The molecule has 0 radical (unpaired) electrons. The Labute approximate surface area is 62.9 Å². The van der Waals surface area contributed by atoms with Gasteiger partial charge in [-0.2, -0.15) is 5.10 Å². The van der Waals surface area contributed by atoms with Crippen LogP contribution in [0.25, 0.3) is 11.3 Å². The molecule has 0 spiro atoms. The van der Waals surface area contributed by atoms with Crippen molar-refractivity contribution < 1.29 is 0 Å². The molecule has 3 rings (SSSR count). The number of hydrogen-bond donors (Lipinski definition) is 1. The van der Waals surface area contributed by atoms with Crippen molar-refractivity contribution in [2.45, 2.75) is 6.54 Å². The highest BCUT2D eigenvalue weighted by Gasteiger charge is 2.18. The fourth-order valence-electron chi connectivity index (χ4n) is 1.50. The van der Waals surface area contributed by atoms with Crippen LogP contribution in [0.3, 0.4) is 0 Å². The molecule has 2 aromatic heterocycles.